The Bertz CT molecular complexity index is 572. The van der Waals surface area contributed by atoms with Gasteiger partial charge in [-0.15, -0.1) is 0 Å². The number of hydrogen-bond donors (Lipinski definition) is 1. The fraction of sp³-hybridized carbons (Fsp3) is 0.250. The number of rotatable bonds is 6. The molecule has 106 valence electrons. The summed E-state index contributed by atoms with van der Waals surface area (Å²) < 4.78 is 11.1. The Morgan fingerprint density at radius 1 is 1.10 bits per heavy atom. The van der Waals surface area contributed by atoms with Crippen LogP contribution in [0.2, 0.25) is 5.02 Å². The Balaban J connectivity index is 2.25. The minimum Gasteiger partial charge on any atom is -0.497 e. The maximum atomic E-state index is 6.25. The molecule has 0 aliphatic heterocycles. The van der Waals surface area contributed by atoms with E-state index in [0.29, 0.717) is 11.6 Å². The number of nitrogens with one attached hydrogen (secondary N) is 1. The molecule has 0 bridgehead atoms. The summed E-state index contributed by atoms with van der Waals surface area (Å²) in [4.78, 5) is 0. The second-order valence-corrected chi connectivity index (χ2v) is 4.69. The molecule has 0 saturated heterocycles. The van der Waals surface area contributed by atoms with Gasteiger partial charge in [-0.2, -0.15) is 0 Å². The van der Waals surface area contributed by atoms with Gasteiger partial charge < -0.3 is 14.8 Å². The summed E-state index contributed by atoms with van der Waals surface area (Å²) in [5, 5.41) is 3.97. The van der Waals surface area contributed by atoms with Gasteiger partial charge >= 0.3 is 0 Å². The Morgan fingerprint density at radius 3 is 2.60 bits per heavy atom. The molecule has 0 fully saturated rings. The van der Waals surface area contributed by atoms with E-state index >= 15 is 0 Å². The third-order valence-corrected chi connectivity index (χ3v) is 3.25. The van der Waals surface area contributed by atoms with E-state index in [0.717, 1.165) is 29.4 Å². The normalized spacial score (nSPS) is 10.3. The minimum absolute atomic E-state index is 0.676. The lowest BCUT2D eigenvalue weighted by atomic mass is 10.2. The molecule has 0 aromatic heterocycles. The fourth-order valence-electron chi connectivity index (χ4n) is 1.85. The molecule has 2 aromatic rings. The van der Waals surface area contributed by atoms with Crippen LogP contribution in [0.25, 0.3) is 0 Å². The van der Waals surface area contributed by atoms with Gasteiger partial charge in [-0.05, 0) is 30.8 Å². The fourth-order valence-corrected chi connectivity index (χ4v) is 2.08. The van der Waals surface area contributed by atoms with Gasteiger partial charge in [-0.3, -0.25) is 0 Å². The van der Waals surface area contributed by atoms with Gasteiger partial charge in [-0.1, -0.05) is 30.7 Å². The summed E-state index contributed by atoms with van der Waals surface area (Å²) in [6.07, 6.45) is 0. The quantitative estimate of drug-likeness (QED) is 0.863. The molecule has 3 nitrogen and oxygen atoms in total. The van der Waals surface area contributed by atoms with Crippen molar-refractivity contribution < 1.29 is 9.47 Å². The molecule has 0 aliphatic rings. The summed E-state index contributed by atoms with van der Waals surface area (Å²) in [6, 6.07) is 13.2. The van der Waals surface area contributed by atoms with Gasteiger partial charge in [0, 0.05) is 23.2 Å². The highest BCUT2D eigenvalue weighted by Gasteiger charge is 2.09. The first-order valence-electron chi connectivity index (χ1n) is 6.54. The van der Waals surface area contributed by atoms with Crippen molar-refractivity contribution in [1.82, 2.24) is 5.32 Å². The smallest absolute Gasteiger partial charge is 0.133 e. The average Bonchev–Trinajstić information content (AvgIpc) is 2.47. The van der Waals surface area contributed by atoms with Gasteiger partial charge in [-0.25, -0.2) is 0 Å². The lowest BCUT2D eigenvalue weighted by Crippen LogP contribution is -2.12. The SMILES string of the molecule is CCNCc1c(Cl)cccc1Oc1cccc(OC)c1. The summed E-state index contributed by atoms with van der Waals surface area (Å²) in [7, 11) is 1.63. The number of halogens is 1. The van der Waals surface area contributed by atoms with E-state index in [-0.39, 0.29) is 0 Å². The first-order valence-corrected chi connectivity index (χ1v) is 6.92. The highest BCUT2D eigenvalue weighted by molar-refractivity contribution is 6.31. The Labute approximate surface area is 124 Å². The third-order valence-electron chi connectivity index (χ3n) is 2.90. The number of hydrogen-bond acceptors (Lipinski definition) is 3. The maximum Gasteiger partial charge on any atom is 0.133 e. The summed E-state index contributed by atoms with van der Waals surface area (Å²) in [6.45, 7) is 3.61. The molecule has 4 heteroatoms. The highest BCUT2D eigenvalue weighted by Crippen LogP contribution is 2.31. The molecular formula is C16H18ClNO2. The van der Waals surface area contributed by atoms with E-state index in [1.54, 1.807) is 7.11 Å². The van der Waals surface area contributed by atoms with Crippen molar-refractivity contribution in [3.63, 3.8) is 0 Å². The van der Waals surface area contributed by atoms with E-state index in [1.165, 1.54) is 0 Å². The van der Waals surface area contributed by atoms with Crippen molar-refractivity contribution in [2.75, 3.05) is 13.7 Å². The first kappa shape index (κ1) is 14.7. The number of methoxy groups -OCH3 is 1. The van der Waals surface area contributed by atoms with Crippen molar-refractivity contribution in [2.45, 2.75) is 13.5 Å². The standard InChI is InChI=1S/C16H18ClNO2/c1-3-18-11-14-15(17)8-5-9-16(14)20-13-7-4-6-12(10-13)19-2/h4-10,18H,3,11H2,1-2H3. The van der Waals surface area contributed by atoms with E-state index in [1.807, 2.05) is 42.5 Å². The Kier molecular flexibility index (Phi) is 5.27. The van der Waals surface area contributed by atoms with E-state index in [9.17, 15) is 0 Å². The average molecular weight is 292 g/mol. The van der Waals surface area contributed by atoms with Gasteiger partial charge in [0.25, 0.3) is 0 Å². The molecule has 0 spiro atoms. The predicted octanol–water partition coefficient (Wildman–Crippen LogP) is 4.25. The summed E-state index contributed by atoms with van der Waals surface area (Å²) in [5.74, 6) is 2.24. The Morgan fingerprint density at radius 2 is 1.85 bits per heavy atom. The molecule has 0 radical (unpaired) electrons. The second kappa shape index (κ2) is 7.17. The van der Waals surface area contributed by atoms with Crippen LogP contribution in [-0.2, 0) is 6.54 Å². The summed E-state index contributed by atoms with van der Waals surface area (Å²) >= 11 is 6.25. The lowest BCUT2D eigenvalue weighted by molar-refractivity contribution is 0.408. The van der Waals surface area contributed by atoms with Crippen molar-refractivity contribution >= 4 is 11.6 Å². The zero-order valence-corrected chi connectivity index (χ0v) is 12.4. The zero-order valence-electron chi connectivity index (χ0n) is 11.7. The molecule has 0 saturated carbocycles. The van der Waals surface area contributed by atoms with Gasteiger partial charge in [0.1, 0.15) is 17.2 Å². The monoisotopic (exact) mass is 291 g/mol. The van der Waals surface area contributed by atoms with E-state index in [4.69, 9.17) is 21.1 Å². The first-order chi connectivity index (χ1) is 9.74. The molecule has 0 aliphatic carbocycles. The van der Waals surface area contributed by atoms with Gasteiger partial charge in [0.05, 0.1) is 7.11 Å². The van der Waals surface area contributed by atoms with E-state index < -0.39 is 0 Å². The summed E-state index contributed by atoms with van der Waals surface area (Å²) in [5.41, 5.74) is 0.957. The maximum absolute atomic E-state index is 6.25. The largest absolute Gasteiger partial charge is 0.497 e. The molecule has 0 amide bonds. The topological polar surface area (TPSA) is 30.5 Å². The van der Waals surface area contributed by atoms with Crippen LogP contribution in [0.5, 0.6) is 17.2 Å². The van der Waals surface area contributed by atoms with Crippen LogP contribution < -0.4 is 14.8 Å². The number of ether oxygens (including phenoxy) is 2. The minimum atomic E-state index is 0.676. The van der Waals surface area contributed by atoms with Crippen LogP contribution in [0.15, 0.2) is 42.5 Å². The molecule has 1 N–H and O–H groups in total. The Hall–Kier alpha value is -1.71. The number of benzene rings is 2. The predicted molar refractivity (Wildman–Crippen MR) is 81.9 cm³/mol. The zero-order chi connectivity index (χ0) is 14.4. The second-order valence-electron chi connectivity index (χ2n) is 4.28. The van der Waals surface area contributed by atoms with E-state index in [2.05, 4.69) is 12.2 Å². The highest BCUT2D eigenvalue weighted by atomic mass is 35.5. The van der Waals surface area contributed by atoms with Crippen LogP contribution >= 0.6 is 11.6 Å². The molecule has 0 heterocycles. The van der Waals surface area contributed by atoms with Crippen molar-refractivity contribution in [3.8, 4) is 17.2 Å². The molecule has 2 aromatic carbocycles. The third kappa shape index (κ3) is 3.65. The molecular weight excluding hydrogens is 274 g/mol. The molecule has 2 rings (SSSR count). The van der Waals surface area contributed by atoms with Gasteiger partial charge in [0.2, 0.25) is 0 Å². The van der Waals surface area contributed by atoms with Gasteiger partial charge in [0.15, 0.2) is 0 Å². The van der Waals surface area contributed by atoms with Crippen molar-refractivity contribution in [1.29, 1.82) is 0 Å². The van der Waals surface area contributed by atoms with Crippen molar-refractivity contribution in [2.24, 2.45) is 0 Å². The molecule has 20 heavy (non-hydrogen) atoms. The van der Waals surface area contributed by atoms with Crippen molar-refractivity contribution in [3.05, 3.63) is 53.1 Å². The van der Waals surface area contributed by atoms with Crippen LogP contribution in [0.4, 0.5) is 0 Å². The molecule has 0 atom stereocenters. The van der Waals surface area contributed by atoms with Crippen LogP contribution in [0.3, 0.4) is 0 Å². The van der Waals surface area contributed by atoms with Crippen LogP contribution in [0, 0.1) is 0 Å². The lowest BCUT2D eigenvalue weighted by Gasteiger charge is -2.13. The van der Waals surface area contributed by atoms with Crippen LogP contribution in [0.1, 0.15) is 12.5 Å². The van der Waals surface area contributed by atoms with Crippen LogP contribution in [-0.4, -0.2) is 13.7 Å². The molecule has 0 unspecified atom stereocenters.